The maximum atomic E-state index is 13.4. The molecule has 2 atom stereocenters. The summed E-state index contributed by atoms with van der Waals surface area (Å²) in [5.41, 5.74) is 2.43. The van der Waals surface area contributed by atoms with E-state index >= 15 is 0 Å². The topological polar surface area (TPSA) is 43.3 Å². The minimum Gasteiger partial charge on any atom is -0.461 e. The van der Waals surface area contributed by atoms with Crippen LogP contribution in [0.2, 0.25) is 0 Å². The molecule has 1 heterocycles. The fourth-order valence-corrected chi connectivity index (χ4v) is 4.36. The molecule has 0 radical (unpaired) electrons. The molecule has 0 fully saturated rings. The number of nitrogens with one attached hydrogen (secondary N) is 1. The quantitative estimate of drug-likeness (QED) is 0.185. The minimum atomic E-state index is -4.45. The van der Waals surface area contributed by atoms with Gasteiger partial charge < -0.3 is 9.30 Å². The third-order valence-electron chi connectivity index (χ3n) is 6.14. The van der Waals surface area contributed by atoms with Gasteiger partial charge in [0.15, 0.2) is 0 Å². The van der Waals surface area contributed by atoms with Gasteiger partial charge in [-0.2, -0.15) is 13.2 Å². The smallest absolute Gasteiger partial charge is 0.416 e. The molecule has 2 unspecified atom stereocenters. The number of rotatable bonds is 10. The first-order valence-corrected chi connectivity index (χ1v) is 12.1. The van der Waals surface area contributed by atoms with Crippen LogP contribution in [0.3, 0.4) is 0 Å². The summed E-state index contributed by atoms with van der Waals surface area (Å²) in [6.07, 6.45) is -0.753. The first kappa shape index (κ1) is 26.2. The number of hydrogen-bond donors (Lipinski definition) is 1. The molecule has 0 aliphatic heterocycles. The highest BCUT2D eigenvalue weighted by molar-refractivity contribution is 5.90. The van der Waals surface area contributed by atoms with Gasteiger partial charge in [0.05, 0.1) is 5.56 Å². The second-order valence-corrected chi connectivity index (χ2v) is 9.00. The predicted molar refractivity (Wildman–Crippen MR) is 139 cm³/mol. The molecule has 0 bridgehead atoms. The van der Waals surface area contributed by atoms with Crippen molar-refractivity contribution in [1.82, 2.24) is 9.88 Å². The highest BCUT2D eigenvalue weighted by atomic mass is 19.4. The SMILES string of the molecule is C=CCC(C)OC(=O)C(NCc1cccc(C(F)(F)F)c1)c1cn(Cc2ccccc2)c2ccccc12. The third kappa shape index (κ3) is 6.49. The summed E-state index contributed by atoms with van der Waals surface area (Å²) in [4.78, 5) is 13.4. The summed E-state index contributed by atoms with van der Waals surface area (Å²) in [5.74, 6) is -0.496. The Morgan fingerprint density at radius 3 is 2.46 bits per heavy atom. The Morgan fingerprint density at radius 1 is 1.03 bits per heavy atom. The van der Waals surface area contributed by atoms with Crippen molar-refractivity contribution in [2.24, 2.45) is 0 Å². The van der Waals surface area contributed by atoms with Crippen molar-refractivity contribution in [2.75, 3.05) is 0 Å². The molecule has 4 rings (SSSR count). The van der Waals surface area contributed by atoms with E-state index in [-0.39, 0.29) is 12.6 Å². The zero-order chi connectivity index (χ0) is 26.4. The number of carbonyl (C=O) groups is 1. The maximum absolute atomic E-state index is 13.4. The fraction of sp³-hybridized carbons (Fsp3) is 0.233. The Morgan fingerprint density at radius 2 is 1.73 bits per heavy atom. The lowest BCUT2D eigenvalue weighted by Gasteiger charge is -2.20. The van der Waals surface area contributed by atoms with Crippen molar-refractivity contribution < 1.29 is 22.7 Å². The van der Waals surface area contributed by atoms with Gasteiger partial charge in [0.1, 0.15) is 12.1 Å². The van der Waals surface area contributed by atoms with E-state index in [0.29, 0.717) is 24.1 Å². The standard InChI is InChI=1S/C30H29F3N2O2/c1-3-10-21(2)37-29(36)28(34-18-23-13-9-14-24(17-23)30(31,32)33)26-20-35(19-22-11-5-4-6-12-22)27-16-8-7-15-25(26)27/h3-9,11-17,20-21,28,34H,1,10,18-19H2,2H3. The molecule has 0 aliphatic carbocycles. The van der Waals surface area contributed by atoms with Gasteiger partial charge >= 0.3 is 12.1 Å². The van der Waals surface area contributed by atoms with Gasteiger partial charge in [-0.1, -0.05) is 72.8 Å². The normalized spacial score (nSPS) is 13.3. The summed E-state index contributed by atoms with van der Waals surface area (Å²) in [5, 5.41) is 4.04. The first-order chi connectivity index (χ1) is 17.8. The van der Waals surface area contributed by atoms with Crippen LogP contribution >= 0.6 is 0 Å². The molecule has 3 aromatic carbocycles. The van der Waals surface area contributed by atoms with Crippen LogP contribution < -0.4 is 5.32 Å². The number of carbonyl (C=O) groups excluding carboxylic acids is 1. The molecular formula is C30H29F3N2O2. The number of halogens is 3. The Kier molecular flexibility index (Phi) is 8.14. The Hall–Kier alpha value is -3.84. The van der Waals surface area contributed by atoms with Gasteiger partial charge in [-0.15, -0.1) is 6.58 Å². The largest absolute Gasteiger partial charge is 0.461 e. The van der Waals surface area contributed by atoms with Crippen LogP contribution in [0, 0.1) is 0 Å². The summed E-state index contributed by atoms with van der Waals surface area (Å²) < 4.78 is 47.4. The molecule has 0 amide bonds. The summed E-state index contributed by atoms with van der Waals surface area (Å²) in [7, 11) is 0. The molecule has 0 saturated carbocycles. The van der Waals surface area contributed by atoms with Crippen LogP contribution in [0.4, 0.5) is 13.2 Å². The van der Waals surface area contributed by atoms with Crippen molar-refractivity contribution in [2.45, 2.75) is 44.8 Å². The van der Waals surface area contributed by atoms with Crippen molar-refractivity contribution in [3.05, 3.63) is 120 Å². The number of esters is 1. The van der Waals surface area contributed by atoms with Crippen molar-refractivity contribution >= 4 is 16.9 Å². The average molecular weight is 507 g/mol. The van der Waals surface area contributed by atoms with Gasteiger partial charge in [-0.05, 0) is 30.2 Å². The van der Waals surface area contributed by atoms with E-state index in [1.54, 1.807) is 19.1 Å². The monoisotopic (exact) mass is 506 g/mol. The second kappa shape index (κ2) is 11.5. The van der Waals surface area contributed by atoms with Gasteiger partial charge in [0.25, 0.3) is 0 Å². The van der Waals surface area contributed by atoms with Crippen molar-refractivity contribution in [3.8, 4) is 0 Å². The highest BCUT2D eigenvalue weighted by Crippen LogP contribution is 2.31. The van der Waals surface area contributed by atoms with Crippen LogP contribution in [0.5, 0.6) is 0 Å². The fourth-order valence-electron chi connectivity index (χ4n) is 4.36. The zero-order valence-electron chi connectivity index (χ0n) is 20.5. The van der Waals surface area contributed by atoms with Crippen LogP contribution in [0.25, 0.3) is 10.9 Å². The van der Waals surface area contributed by atoms with E-state index in [2.05, 4.69) is 16.5 Å². The molecule has 0 aliphatic rings. The van der Waals surface area contributed by atoms with Crippen LogP contribution in [0.15, 0.2) is 97.7 Å². The molecule has 7 heteroatoms. The average Bonchev–Trinajstić information content (AvgIpc) is 3.22. The number of benzene rings is 3. The number of fused-ring (bicyclic) bond motifs is 1. The second-order valence-electron chi connectivity index (χ2n) is 9.00. The molecule has 192 valence electrons. The number of alkyl halides is 3. The van der Waals surface area contributed by atoms with Crippen LogP contribution in [-0.4, -0.2) is 16.6 Å². The summed E-state index contributed by atoms with van der Waals surface area (Å²) >= 11 is 0. The summed E-state index contributed by atoms with van der Waals surface area (Å²) in [6.45, 7) is 6.13. The highest BCUT2D eigenvalue weighted by Gasteiger charge is 2.31. The Labute approximate surface area is 214 Å². The molecule has 0 saturated heterocycles. The molecule has 1 N–H and O–H groups in total. The van der Waals surface area contributed by atoms with Gasteiger partial charge in [-0.3, -0.25) is 5.32 Å². The molecular weight excluding hydrogens is 477 g/mol. The van der Waals surface area contributed by atoms with Crippen LogP contribution in [-0.2, 0) is 28.8 Å². The first-order valence-electron chi connectivity index (χ1n) is 12.1. The zero-order valence-corrected chi connectivity index (χ0v) is 20.5. The van der Waals surface area contributed by atoms with Gasteiger partial charge in [0, 0.05) is 42.2 Å². The van der Waals surface area contributed by atoms with E-state index < -0.39 is 23.8 Å². The van der Waals surface area contributed by atoms with E-state index in [0.717, 1.165) is 28.6 Å². The number of para-hydroxylation sites is 1. The molecule has 37 heavy (non-hydrogen) atoms. The maximum Gasteiger partial charge on any atom is 0.416 e. The predicted octanol–water partition coefficient (Wildman–Crippen LogP) is 7.05. The molecule has 1 aromatic heterocycles. The van der Waals surface area contributed by atoms with E-state index in [4.69, 9.17) is 4.74 Å². The lowest BCUT2D eigenvalue weighted by molar-refractivity contribution is -0.151. The Balaban J connectivity index is 1.69. The van der Waals surface area contributed by atoms with Gasteiger partial charge in [0.2, 0.25) is 0 Å². The number of hydrogen-bond acceptors (Lipinski definition) is 3. The Bertz CT molecular complexity index is 1360. The molecule has 4 nitrogen and oxygen atoms in total. The summed E-state index contributed by atoms with van der Waals surface area (Å²) in [6, 6.07) is 21.9. The number of nitrogens with zero attached hydrogens (tertiary/aromatic N) is 1. The van der Waals surface area contributed by atoms with E-state index in [9.17, 15) is 18.0 Å². The third-order valence-corrected chi connectivity index (χ3v) is 6.14. The van der Waals surface area contributed by atoms with Crippen molar-refractivity contribution in [1.29, 1.82) is 0 Å². The lowest BCUT2D eigenvalue weighted by atomic mass is 10.0. The molecule has 0 spiro atoms. The van der Waals surface area contributed by atoms with E-state index in [1.807, 2.05) is 60.8 Å². The number of ether oxygens (including phenoxy) is 1. The number of aromatic nitrogens is 1. The lowest BCUT2D eigenvalue weighted by Crippen LogP contribution is -2.32. The molecule has 4 aromatic rings. The minimum absolute atomic E-state index is 0.0533. The van der Waals surface area contributed by atoms with Crippen molar-refractivity contribution in [3.63, 3.8) is 0 Å². The van der Waals surface area contributed by atoms with Gasteiger partial charge in [-0.25, -0.2) is 4.79 Å². The van der Waals surface area contributed by atoms with E-state index in [1.165, 1.54) is 6.07 Å². The van der Waals surface area contributed by atoms with Crippen LogP contribution in [0.1, 0.15) is 41.6 Å².